The maximum atomic E-state index is 10.9. The van der Waals surface area contributed by atoms with Crippen molar-refractivity contribution in [1.29, 1.82) is 0 Å². The number of hydrogen-bond acceptors (Lipinski definition) is 5. The smallest absolute Gasteiger partial charge is 0.320 e. The van der Waals surface area contributed by atoms with Crippen LogP contribution in [-0.2, 0) is 19.2 Å². The number of nitrogens with zero attached hydrogens (tertiary/aromatic N) is 1. The zero-order valence-electron chi connectivity index (χ0n) is 9.77. The molecule has 0 aromatic carbocycles. The number of hydrogen-bond donors (Lipinski definition) is 4. The van der Waals surface area contributed by atoms with Gasteiger partial charge in [0, 0.05) is 6.42 Å². The van der Waals surface area contributed by atoms with Crippen LogP contribution in [0.1, 0.15) is 12.8 Å². The molecule has 0 aliphatic carbocycles. The van der Waals surface area contributed by atoms with Gasteiger partial charge >= 0.3 is 23.9 Å². The second-order valence-corrected chi connectivity index (χ2v) is 3.48. The van der Waals surface area contributed by atoms with Crippen molar-refractivity contribution < 1.29 is 45.1 Å². The van der Waals surface area contributed by atoms with E-state index in [1.165, 1.54) is 0 Å². The fraction of sp³-hybridized carbons (Fsp3) is 0.556. The number of carbonyl (C=O) groups is 4. The van der Waals surface area contributed by atoms with Gasteiger partial charge in [0.25, 0.3) is 0 Å². The molecule has 0 aliphatic heterocycles. The summed E-state index contributed by atoms with van der Waals surface area (Å²) in [5, 5.41) is 34.4. The molecule has 10 heteroatoms. The minimum atomic E-state index is -1.46. The first kappa shape index (κ1) is 19.1. The molecule has 0 aliphatic rings. The highest BCUT2D eigenvalue weighted by Gasteiger charge is 2.29. The molecule has 1 unspecified atom stereocenters. The van der Waals surface area contributed by atoms with Crippen LogP contribution in [0.2, 0.25) is 0 Å². The van der Waals surface area contributed by atoms with E-state index in [0.29, 0.717) is 4.90 Å². The van der Waals surface area contributed by atoms with Gasteiger partial charge in [0.2, 0.25) is 0 Å². The Morgan fingerprint density at radius 3 is 1.53 bits per heavy atom. The predicted octanol–water partition coefficient (Wildman–Crippen LogP) is -2.05. The van der Waals surface area contributed by atoms with E-state index < -0.39 is 49.4 Å². The summed E-state index contributed by atoms with van der Waals surface area (Å²) in [4.78, 5) is 43.0. The Labute approximate surface area is 107 Å². The molecule has 0 rings (SSSR count). The molecule has 0 radical (unpaired) electrons. The highest BCUT2D eigenvalue weighted by molar-refractivity contribution is 5.78. The van der Waals surface area contributed by atoms with Gasteiger partial charge in [-0.1, -0.05) is 0 Å². The Hall–Kier alpha value is -2.20. The van der Waals surface area contributed by atoms with Gasteiger partial charge in [-0.3, -0.25) is 24.1 Å². The Kier molecular flexibility index (Phi) is 8.90. The molecule has 0 amide bonds. The lowest BCUT2D eigenvalue weighted by Gasteiger charge is -2.25. The minimum absolute atomic E-state index is 0. The van der Waals surface area contributed by atoms with E-state index in [0.717, 1.165) is 0 Å². The largest absolute Gasteiger partial charge is 0.481 e. The Bertz CT molecular complexity index is 338. The van der Waals surface area contributed by atoms with E-state index in [4.69, 9.17) is 20.4 Å². The monoisotopic (exact) mass is 281 g/mol. The van der Waals surface area contributed by atoms with Crippen LogP contribution in [0.4, 0.5) is 0 Å². The summed E-state index contributed by atoms with van der Waals surface area (Å²) >= 11 is 0. The van der Waals surface area contributed by atoms with Crippen LogP contribution in [0.5, 0.6) is 0 Å². The molecular formula is C9H15NO9. The topological polar surface area (TPSA) is 184 Å². The standard InChI is InChI=1S/C9H13NO8.H2O/c11-6(12)2-1-5(9(17)18)10(3-7(13)14)4-8(15)16;/h5H,1-4H2,(H,11,12)(H,13,14)(H,15,16)(H,17,18);1H2. The van der Waals surface area contributed by atoms with Crippen LogP contribution in [0.3, 0.4) is 0 Å². The molecule has 0 aromatic heterocycles. The van der Waals surface area contributed by atoms with E-state index in [1.807, 2.05) is 0 Å². The van der Waals surface area contributed by atoms with E-state index in [1.54, 1.807) is 0 Å². The van der Waals surface area contributed by atoms with Crippen molar-refractivity contribution in [3.05, 3.63) is 0 Å². The fourth-order valence-electron chi connectivity index (χ4n) is 1.35. The van der Waals surface area contributed by atoms with Crippen molar-refractivity contribution in [3.63, 3.8) is 0 Å². The van der Waals surface area contributed by atoms with E-state index in [9.17, 15) is 19.2 Å². The van der Waals surface area contributed by atoms with Crippen molar-refractivity contribution in [2.75, 3.05) is 13.1 Å². The molecule has 0 saturated carbocycles. The lowest BCUT2D eigenvalue weighted by atomic mass is 10.1. The maximum Gasteiger partial charge on any atom is 0.320 e. The predicted molar refractivity (Wildman–Crippen MR) is 58.8 cm³/mol. The van der Waals surface area contributed by atoms with Gasteiger partial charge < -0.3 is 25.9 Å². The molecular weight excluding hydrogens is 266 g/mol. The van der Waals surface area contributed by atoms with Crippen molar-refractivity contribution in [1.82, 2.24) is 4.90 Å². The summed E-state index contributed by atoms with van der Waals surface area (Å²) in [6.45, 7) is -1.58. The SMILES string of the molecule is O.O=C(O)CCC(C(=O)O)N(CC(=O)O)CC(=O)O. The summed E-state index contributed by atoms with van der Waals surface area (Å²) < 4.78 is 0. The average molecular weight is 281 g/mol. The van der Waals surface area contributed by atoms with E-state index >= 15 is 0 Å². The molecule has 0 heterocycles. The van der Waals surface area contributed by atoms with Gasteiger partial charge in [-0.25, -0.2) is 0 Å². The zero-order chi connectivity index (χ0) is 14.3. The summed E-state index contributed by atoms with van der Waals surface area (Å²) in [5.74, 6) is -5.48. The molecule has 19 heavy (non-hydrogen) atoms. The van der Waals surface area contributed by atoms with Crippen LogP contribution in [0.15, 0.2) is 0 Å². The molecule has 0 bridgehead atoms. The lowest BCUT2D eigenvalue weighted by Crippen LogP contribution is -2.46. The van der Waals surface area contributed by atoms with Crippen LogP contribution in [0, 0.1) is 0 Å². The molecule has 0 fully saturated rings. The van der Waals surface area contributed by atoms with Crippen molar-refractivity contribution in [2.24, 2.45) is 0 Å². The third-order valence-corrected chi connectivity index (χ3v) is 2.03. The Balaban J connectivity index is 0. The molecule has 0 spiro atoms. The van der Waals surface area contributed by atoms with Gasteiger partial charge in [-0.15, -0.1) is 0 Å². The van der Waals surface area contributed by atoms with Crippen molar-refractivity contribution in [3.8, 4) is 0 Å². The van der Waals surface area contributed by atoms with Gasteiger partial charge in [0.1, 0.15) is 6.04 Å². The Morgan fingerprint density at radius 1 is 0.842 bits per heavy atom. The van der Waals surface area contributed by atoms with Crippen LogP contribution < -0.4 is 0 Å². The quantitative estimate of drug-likeness (QED) is 0.369. The molecule has 10 nitrogen and oxygen atoms in total. The highest BCUT2D eigenvalue weighted by Crippen LogP contribution is 2.08. The third kappa shape index (κ3) is 8.51. The second-order valence-electron chi connectivity index (χ2n) is 3.48. The van der Waals surface area contributed by atoms with Gasteiger partial charge in [-0.2, -0.15) is 0 Å². The zero-order valence-corrected chi connectivity index (χ0v) is 9.77. The van der Waals surface area contributed by atoms with Crippen LogP contribution in [0.25, 0.3) is 0 Å². The molecule has 0 saturated heterocycles. The van der Waals surface area contributed by atoms with E-state index in [2.05, 4.69) is 0 Å². The summed E-state index contributed by atoms with van der Waals surface area (Å²) in [7, 11) is 0. The highest BCUT2D eigenvalue weighted by atomic mass is 16.4. The molecule has 0 aromatic rings. The van der Waals surface area contributed by atoms with Crippen LogP contribution in [-0.4, -0.2) is 73.8 Å². The summed E-state index contributed by atoms with van der Waals surface area (Å²) in [6.07, 6.45) is -0.863. The average Bonchev–Trinajstić information content (AvgIpc) is 2.14. The maximum absolute atomic E-state index is 10.9. The molecule has 1 atom stereocenters. The molecule has 6 N–H and O–H groups in total. The van der Waals surface area contributed by atoms with Gasteiger partial charge in [0.05, 0.1) is 13.1 Å². The second kappa shape index (κ2) is 8.83. The number of rotatable bonds is 9. The number of carboxylic acids is 4. The fourth-order valence-corrected chi connectivity index (χ4v) is 1.35. The van der Waals surface area contributed by atoms with Gasteiger partial charge in [0.15, 0.2) is 0 Å². The third-order valence-electron chi connectivity index (χ3n) is 2.03. The van der Waals surface area contributed by atoms with E-state index in [-0.39, 0.29) is 11.9 Å². The molecule has 110 valence electrons. The van der Waals surface area contributed by atoms with Gasteiger partial charge in [-0.05, 0) is 6.42 Å². The van der Waals surface area contributed by atoms with Crippen LogP contribution >= 0.6 is 0 Å². The van der Waals surface area contributed by atoms with Crippen molar-refractivity contribution in [2.45, 2.75) is 18.9 Å². The summed E-state index contributed by atoms with van der Waals surface area (Å²) in [5.41, 5.74) is 0. The Morgan fingerprint density at radius 2 is 1.26 bits per heavy atom. The first-order valence-corrected chi connectivity index (χ1v) is 4.86. The normalized spacial score (nSPS) is 11.4. The summed E-state index contributed by atoms with van der Waals surface area (Å²) in [6, 6.07) is -1.46. The van der Waals surface area contributed by atoms with Crippen molar-refractivity contribution >= 4 is 23.9 Å². The lowest BCUT2D eigenvalue weighted by molar-refractivity contribution is -0.149. The minimum Gasteiger partial charge on any atom is -0.481 e. The first-order chi connectivity index (χ1) is 8.23. The number of aliphatic carboxylic acids is 4. The first-order valence-electron chi connectivity index (χ1n) is 4.86. The number of carboxylic acid groups (broad SMARTS) is 4.